The molecule has 90 valence electrons. The van der Waals surface area contributed by atoms with E-state index >= 15 is 0 Å². The Bertz CT molecular complexity index is 178. The van der Waals surface area contributed by atoms with Gasteiger partial charge in [-0.1, -0.05) is 6.92 Å². The van der Waals surface area contributed by atoms with Gasteiger partial charge >= 0.3 is 5.97 Å². The lowest BCUT2D eigenvalue weighted by Crippen LogP contribution is -2.20. The van der Waals surface area contributed by atoms with Crippen molar-refractivity contribution >= 4 is 5.97 Å². The van der Waals surface area contributed by atoms with E-state index in [1.54, 1.807) is 0 Å². The Morgan fingerprint density at radius 3 is 2.73 bits per heavy atom. The number of carboxylic acid groups (broad SMARTS) is 1. The van der Waals surface area contributed by atoms with Crippen molar-refractivity contribution in [2.45, 2.75) is 26.2 Å². The first-order chi connectivity index (χ1) is 7.10. The summed E-state index contributed by atoms with van der Waals surface area (Å²) in [5.74, 6) is -0.509. The van der Waals surface area contributed by atoms with Crippen LogP contribution in [0.5, 0.6) is 0 Å². The van der Waals surface area contributed by atoms with Gasteiger partial charge in [-0.05, 0) is 31.2 Å². The number of aliphatic carboxylic acids is 1. The molecule has 2 atom stereocenters. The monoisotopic (exact) mass is 221 g/mol. The lowest BCUT2D eigenvalue weighted by atomic mass is 9.91. The van der Waals surface area contributed by atoms with E-state index in [4.69, 9.17) is 10.8 Å². The second kappa shape index (κ2) is 8.61. The molecule has 5 heteroatoms. The van der Waals surface area contributed by atoms with Crippen LogP contribution in [0, 0.1) is 11.8 Å². The van der Waals surface area contributed by atoms with E-state index in [-0.39, 0.29) is 12.3 Å². The quantitative estimate of drug-likeness (QED) is 0.577. The van der Waals surface area contributed by atoms with Crippen molar-refractivity contribution in [3.8, 4) is 0 Å². The fraction of sp³-hybridized carbons (Fsp3) is 0.900. The van der Waals surface area contributed by atoms with Gasteiger partial charge in [0.2, 0.25) is 0 Å². The highest BCUT2D eigenvalue weighted by atomic mass is 19.1. The van der Waals surface area contributed by atoms with E-state index < -0.39 is 12.8 Å². The number of alkyl halides is 1. The molecule has 15 heavy (non-hydrogen) atoms. The van der Waals surface area contributed by atoms with Gasteiger partial charge in [-0.25, -0.2) is 4.39 Å². The average molecular weight is 221 g/mol. The van der Waals surface area contributed by atoms with E-state index in [2.05, 4.69) is 4.74 Å². The molecule has 0 saturated heterocycles. The van der Waals surface area contributed by atoms with Crippen LogP contribution in [0.3, 0.4) is 0 Å². The predicted molar refractivity (Wildman–Crippen MR) is 55.1 cm³/mol. The highest BCUT2D eigenvalue weighted by Gasteiger charge is 2.15. The smallest absolute Gasteiger partial charge is 0.303 e. The van der Waals surface area contributed by atoms with E-state index in [1.807, 2.05) is 6.92 Å². The fourth-order valence-electron chi connectivity index (χ4n) is 1.54. The minimum atomic E-state index is -0.822. The molecule has 0 aliphatic carbocycles. The van der Waals surface area contributed by atoms with E-state index in [1.165, 1.54) is 0 Å². The highest BCUT2D eigenvalue weighted by molar-refractivity contribution is 5.67. The number of ether oxygens (including phenoxy) is 1. The van der Waals surface area contributed by atoms with Crippen LogP contribution in [0.4, 0.5) is 4.39 Å². The van der Waals surface area contributed by atoms with Crippen molar-refractivity contribution in [1.82, 2.24) is 0 Å². The molecule has 2 unspecified atom stereocenters. The van der Waals surface area contributed by atoms with E-state index in [0.29, 0.717) is 19.1 Å². The van der Waals surface area contributed by atoms with Gasteiger partial charge < -0.3 is 15.6 Å². The summed E-state index contributed by atoms with van der Waals surface area (Å²) in [4.78, 5) is 10.5. The molecule has 0 fully saturated rings. The Hall–Kier alpha value is -0.680. The van der Waals surface area contributed by atoms with Crippen molar-refractivity contribution < 1.29 is 19.0 Å². The van der Waals surface area contributed by atoms with Crippen LogP contribution in [-0.4, -0.2) is 31.1 Å². The molecule has 0 bridgehead atoms. The number of halogens is 1. The molecule has 0 aliphatic rings. The Morgan fingerprint density at radius 2 is 2.27 bits per heavy atom. The predicted octanol–water partition coefficient (Wildman–Crippen LogP) is 1.40. The summed E-state index contributed by atoms with van der Waals surface area (Å²) in [5.41, 5.74) is 5.47. The maximum absolute atomic E-state index is 11.6. The Morgan fingerprint density at radius 1 is 1.60 bits per heavy atom. The summed E-state index contributed by atoms with van der Waals surface area (Å²) < 4.78 is 16.2. The minimum absolute atomic E-state index is 0.00266. The molecule has 0 aliphatic heterocycles. The fourth-order valence-corrected chi connectivity index (χ4v) is 1.54. The van der Waals surface area contributed by atoms with Crippen LogP contribution < -0.4 is 5.73 Å². The third kappa shape index (κ3) is 8.32. The standard InChI is InChI=1S/C10H20FNO3/c1-8(2-3-15-7-11)4-9(6-12)5-10(13)14/h8-9H,2-7,12H2,1H3,(H,13,14). The maximum Gasteiger partial charge on any atom is 0.303 e. The van der Waals surface area contributed by atoms with Gasteiger partial charge in [0.15, 0.2) is 6.86 Å². The molecule has 0 saturated carbocycles. The SMILES string of the molecule is CC(CCOCF)CC(CN)CC(=O)O. The second-order valence-electron chi connectivity index (χ2n) is 3.85. The maximum atomic E-state index is 11.6. The first-order valence-corrected chi connectivity index (χ1v) is 5.15. The van der Waals surface area contributed by atoms with Crippen LogP contribution in [-0.2, 0) is 9.53 Å². The number of hydrogen-bond donors (Lipinski definition) is 2. The van der Waals surface area contributed by atoms with Crippen LogP contribution >= 0.6 is 0 Å². The summed E-state index contributed by atoms with van der Waals surface area (Å²) in [7, 11) is 0. The molecule has 4 nitrogen and oxygen atoms in total. The summed E-state index contributed by atoms with van der Waals surface area (Å²) in [6, 6.07) is 0. The molecule has 0 amide bonds. The third-order valence-electron chi connectivity index (χ3n) is 2.36. The zero-order chi connectivity index (χ0) is 11.7. The molecule has 3 N–H and O–H groups in total. The lowest BCUT2D eigenvalue weighted by molar-refractivity contribution is -0.138. The molecule has 0 aromatic rings. The molecule has 0 radical (unpaired) electrons. The van der Waals surface area contributed by atoms with Gasteiger partial charge in [-0.2, -0.15) is 0 Å². The van der Waals surface area contributed by atoms with Gasteiger partial charge in [0.25, 0.3) is 0 Å². The van der Waals surface area contributed by atoms with Crippen LogP contribution in [0.15, 0.2) is 0 Å². The Balaban J connectivity index is 3.69. The lowest BCUT2D eigenvalue weighted by Gasteiger charge is -2.17. The summed E-state index contributed by atoms with van der Waals surface area (Å²) in [5, 5.41) is 8.61. The molecule has 0 aromatic carbocycles. The Kier molecular flexibility index (Phi) is 8.22. The van der Waals surface area contributed by atoms with Crippen molar-refractivity contribution in [3.05, 3.63) is 0 Å². The van der Waals surface area contributed by atoms with Gasteiger partial charge in [-0.3, -0.25) is 4.79 Å². The topological polar surface area (TPSA) is 72.5 Å². The van der Waals surface area contributed by atoms with Crippen LogP contribution in [0.25, 0.3) is 0 Å². The first kappa shape index (κ1) is 14.3. The number of carboxylic acids is 1. The molecular formula is C10H20FNO3. The number of nitrogens with two attached hydrogens (primary N) is 1. The van der Waals surface area contributed by atoms with Gasteiger partial charge in [0.1, 0.15) is 0 Å². The summed E-state index contributed by atoms with van der Waals surface area (Å²) in [6.45, 7) is 1.98. The Labute approximate surface area is 89.6 Å². The normalized spacial score (nSPS) is 14.9. The van der Waals surface area contributed by atoms with Crippen LogP contribution in [0.2, 0.25) is 0 Å². The number of hydrogen-bond acceptors (Lipinski definition) is 3. The summed E-state index contributed by atoms with van der Waals surface area (Å²) in [6.07, 6.45) is 1.59. The zero-order valence-electron chi connectivity index (χ0n) is 9.12. The molecule has 0 heterocycles. The second-order valence-corrected chi connectivity index (χ2v) is 3.85. The molecule has 0 aromatic heterocycles. The molecule has 0 spiro atoms. The average Bonchev–Trinajstić information content (AvgIpc) is 2.16. The first-order valence-electron chi connectivity index (χ1n) is 5.15. The number of carbonyl (C=O) groups is 1. The molecule has 0 rings (SSSR count). The highest BCUT2D eigenvalue weighted by Crippen LogP contribution is 2.17. The van der Waals surface area contributed by atoms with E-state index in [0.717, 1.165) is 12.8 Å². The van der Waals surface area contributed by atoms with Crippen molar-refractivity contribution in [3.63, 3.8) is 0 Å². The van der Waals surface area contributed by atoms with Gasteiger partial charge in [0, 0.05) is 6.42 Å². The third-order valence-corrected chi connectivity index (χ3v) is 2.36. The zero-order valence-corrected chi connectivity index (χ0v) is 9.12. The van der Waals surface area contributed by atoms with Gasteiger partial charge in [-0.15, -0.1) is 0 Å². The van der Waals surface area contributed by atoms with Crippen LogP contribution in [0.1, 0.15) is 26.2 Å². The number of rotatable bonds is 9. The summed E-state index contributed by atoms with van der Waals surface area (Å²) >= 11 is 0. The largest absolute Gasteiger partial charge is 0.481 e. The minimum Gasteiger partial charge on any atom is -0.481 e. The van der Waals surface area contributed by atoms with Gasteiger partial charge in [0.05, 0.1) is 6.61 Å². The van der Waals surface area contributed by atoms with Crippen molar-refractivity contribution in [2.75, 3.05) is 20.0 Å². The van der Waals surface area contributed by atoms with Crippen molar-refractivity contribution in [1.29, 1.82) is 0 Å². The van der Waals surface area contributed by atoms with Crippen molar-refractivity contribution in [2.24, 2.45) is 17.6 Å². The van der Waals surface area contributed by atoms with E-state index in [9.17, 15) is 9.18 Å². The molecular weight excluding hydrogens is 201 g/mol.